The van der Waals surface area contributed by atoms with Crippen LogP contribution < -0.4 is 5.73 Å². The lowest BCUT2D eigenvalue weighted by Gasteiger charge is -2.26. The first-order valence-electron chi connectivity index (χ1n) is 5.93. The van der Waals surface area contributed by atoms with Crippen molar-refractivity contribution < 1.29 is 8.78 Å². The van der Waals surface area contributed by atoms with Crippen LogP contribution in [0.25, 0.3) is 6.08 Å². The molecule has 0 spiro atoms. The molecule has 2 nitrogen and oxygen atoms in total. The number of nitrogen functional groups attached to an aromatic ring is 1. The van der Waals surface area contributed by atoms with E-state index in [1.807, 2.05) is 12.2 Å². The maximum Gasteiger partial charge on any atom is 0.248 e. The molecule has 0 amide bonds. The summed E-state index contributed by atoms with van der Waals surface area (Å²) in [6, 6.07) is 1.73. The summed E-state index contributed by atoms with van der Waals surface area (Å²) in [5.74, 6) is -2.30. The van der Waals surface area contributed by atoms with Crippen molar-refractivity contribution in [2.24, 2.45) is 5.92 Å². The monoisotopic (exact) mass is 272 g/mol. The molecule has 2 N–H and O–H groups in total. The van der Waals surface area contributed by atoms with E-state index in [1.165, 1.54) is 6.20 Å². The third kappa shape index (κ3) is 3.42. The van der Waals surface area contributed by atoms with Crippen LogP contribution >= 0.6 is 11.6 Å². The summed E-state index contributed by atoms with van der Waals surface area (Å²) in [5, 5.41) is 0.376. The van der Waals surface area contributed by atoms with Crippen molar-refractivity contribution in [1.82, 2.24) is 4.98 Å². The first-order valence-corrected chi connectivity index (χ1v) is 6.31. The first kappa shape index (κ1) is 13.3. The van der Waals surface area contributed by atoms with Crippen molar-refractivity contribution in [2.75, 3.05) is 5.73 Å². The third-order valence-electron chi connectivity index (χ3n) is 3.20. The van der Waals surface area contributed by atoms with Crippen molar-refractivity contribution in [2.45, 2.75) is 31.6 Å². The number of allylic oxidation sites excluding steroid dienone is 1. The molecule has 18 heavy (non-hydrogen) atoms. The van der Waals surface area contributed by atoms with Crippen LogP contribution in [0, 0.1) is 5.92 Å². The van der Waals surface area contributed by atoms with Crippen molar-refractivity contribution in [3.05, 3.63) is 29.1 Å². The Bertz CT molecular complexity index is 450. The predicted molar refractivity (Wildman–Crippen MR) is 69.6 cm³/mol. The standard InChI is InChI=1S/C13H15ClF2N2/c14-12-10(7-11(17)8-18-12)2-1-9-3-5-13(15,16)6-4-9/h1-2,7-9H,3-6,17H2/b2-1+. The smallest absolute Gasteiger partial charge is 0.248 e. The molecule has 0 atom stereocenters. The van der Waals surface area contributed by atoms with Crippen LogP contribution in [0.4, 0.5) is 14.5 Å². The van der Waals surface area contributed by atoms with E-state index in [-0.39, 0.29) is 18.8 Å². The molecule has 1 saturated carbocycles. The second-order valence-electron chi connectivity index (χ2n) is 4.70. The summed E-state index contributed by atoms with van der Waals surface area (Å²) in [4.78, 5) is 3.93. The minimum Gasteiger partial charge on any atom is -0.397 e. The lowest BCUT2D eigenvalue weighted by Crippen LogP contribution is -2.23. The number of alkyl halides is 2. The molecule has 0 unspecified atom stereocenters. The summed E-state index contributed by atoms with van der Waals surface area (Å²) < 4.78 is 26.0. The van der Waals surface area contributed by atoms with Crippen LogP contribution in [0.15, 0.2) is 18.3 Å². The van der Waals surface area contributed by atoms with Gasteiger partial charge in [-0.2, -0.15) is 0 Å². The van der Waals surface area contributed by atoms with Gasteiger partial charge in [-0.15, -0.1) is 0 Å². The molecular weight excluding hydrogens is 258 g/mol. The van der Waals surface area contributed by atoms with Crippen LogP contribution in [-0.2, 0) is 0 Å². The summed E-state index contributed by atoms with van der Waals surface area (Å²) in [7, 11) is 0. The zero-order chi connectivity index (χ0) is 13.2. The van der Waals surface area contributed by atoms with Crippen LogP contribution in [0.5, 0.6) is 0 Å². The minimum absolute atomic E-state index is 0.0368. The highest BCUT2D eigenvalue weighted by atomic mass is 35.5. The van der Waals surface area contributed by atoms with E-state index in [0.29, 0.717) is 23.7 Å². The number of anilines is 1. The molecule has 0 aromatic carbocycles. The van der Waals surface area contributed by atoms with Crippen molar-refractivity contribution in [1.29, 1.82) is 0 Å². The Morgan fingerprint density at radius 3 is 2.72 bits per heavy atom. The van der Waals surface area contributed by atoms with Crippen molar-refractivity contribution in [3.8, 4) is 0 Å². The van der Waals surface area contributed by atoms with Crippen LogP contribution in [0.1, 0.15) is 31.2 Å². The number of aromatic nitrogens is 1. The molecule has 1 fully saturated rings. The van der Waals surface area contributed by atoms with Crippen LogP contribution in [0.2, 0.25) is 5.15 Å². The van der Waals surface area contributed by atoms with Gasteiger partial charge in [0, 0.05) is 18.4 Å². The maximum absolute atomic E-state index is 13.0. The molecule has 1 aliphatic rings. The Morgan fingerprint density at radius 2 is 2.06 bits per heavy atom. The van der Waals surface area contributed by atoms with Gasteiger partial charge >= 0.3 is 0 Å². The molecule has 98 valence electrons. The van der Waals surface area contributed by atoms with Crippen LogP contribution in [-0.4, -0.2) is 10.9 Å². The number of rotatable bonds is 2. The summed E-state index contributed by atoms with van der Waals surface area (Å²) in [5.41, 5.74) is 6.88. The number of nitrogens with zero attached hydrogens (tertiary/aromatic N) is 1. The second kappa shape index (κ2) is 5.22. The second-order valence-corrected chi connectivity index (χ2v) is 5.06. The molecule has 2 rings (SSSR count). The number of hydrogen-bond donors (Lipinski definition) is 1. The predicted octanol–water partition coefficient (Wildman–Crippen LogP) is 4.16. The molecule has 5 heteroatoms. The molecule has 1 aromatic heterocycles. The van der Waals surface area contributed by atoms with Gasteiger partial charge in [0.15, 0.2) is 0 Å². The van der Waals surface area contributed by atoms with Gasteiger partial charge in [0.25, 0.3) is 0 Å². The molecule has 0 saturated heterocycles. The molecule has 0 radical (unpaired) electrons. The molecule has 0 bridgehead atoms. The molecular formula is C13H15ClF2N2. The van der Waals surface area contributed by atoms with Crippen molar-refractivity contribution in [3.63, 3.8) is 0 Å². The largest absolute Gasteiger partial charge is 0.397 e. The maximum atomic E-state index is 13.0. The molecule has 1 aliphatic carbocycles. The van der Waals surface area contributed by atoms with E-state index < -0.39 is 5.92 Å². The van der Waals surface area contributed by atoms with E-state index in [4.69, 9.17) is 17.3 Å². The van der Waals surface area contributed by atoms with E-state index in [0.717, 1.165) is 5.56 Å². The number of halogens is 3. The first-order chi connectivity index (χ1) is 8.46. The topological polar surface area (TPSA) is 38.9 Å². The van der Waals surface area contributed by atoms with Gasteiger partial charge in [-0.1, -0.05) is 23.8 Å². The Morgan fingerprint density at radius 1 is 1.39 bits per heavy atom. The fourth-order valence-corrected chi connectivity index (χ4v) is 2.26. The fraction of sp³-hybridized carbons (Fsp3) is 0.462. The number of hydrogen-bond acceptors (Lipinski definition) is 2. The van der Waals surface area contributed by atoms with Gasteiger partial charge in [-0.3, -0.25) is 0 Å². The van der Waals surface area contributed by atoms with Gasteiger partial charge in [-0.25, -0.2) is 13.8 Å². The van der Waals surface area contributed by atoms with E-state index in [1.54, 1.807) is 6.07 Å². The van der Waals surface area contributed by atoms with Gasteiger partial charge < -0.3 is 5.73 Å². The quantitative estimate of drug-likeness (QED) is 0.821. The average molecular weight is 273 g/mol. The lowest BCUT2D eigenvalue weighted by molar-refractivity contribution is -0.0410. The zero-order valence-corrected chi connectivity index (χ0v) is 10.6. The van der Waals surface area contributed by atoms with Crippen molar-refractivity contribution >= 4 is 23.4 Å². The minimum atomic E-state index is -2.49. The highest BCUT2D eigenvalue weighted by Crippen LogP contribution is 2.36. The molecule has 1 heterocycles. The van der Waals surface area contributed by atoms with Gasteiger partial charge in [0.05, 0.1) is 11.9 Å². The number of nitrogens with two attached hydrogens (primary N) is 1. The van der Waals surface area contributed by atoms with E-state index in [9.17, 15) is 8.78 Å². The highest BCUT2D eigenvalue weighted by molar-refractivity contribution is 6.30. The van der Waals surface area contributed by atoms with E-state index in [2.05, 4.69) is 4.98 Å². The lowest BCUT2D eigenvalue weighted by atomic mass is 9.86. The van der Waals surface area contributed by atoms with Gasteiger partial charge in [0.1, 0.15) is 5.15 Å². The normalized spacial score (nSPS) is 20.4. The van der Waals surface area contributed by atoms with Gasteiger partial charge in [0.2, 0.25) is 5.92 Å². The van der Waals surface area contributed by atoms with Crippen LogP contribution in [0.3, 0.4) is 0 Å². The summed E-state index contributed by atoms with van der Waals surface area (Å²) in [6.07, 6.45) is 6.18. The Balaban J connectivity index is 2.01. The molecule has 0 aliphatic heterocycles. The van der Waals surface area contributed by atoms with Gasteiger partial charge in [-0.05, 0) is 24.8 Å². The third-order valence-corrected chi connectivity index (χ3v) is 3.51. The highest BCUT2D eigenvalue weighted by Gasteiger charge is 2.33. The number of pyridine rings is 1. The fourth-order valence-electron chi connectivity index (χ4n) is 2.09. The molecule has 1 aromatic rings. The average Bonchev–Trinajstić information content (AvgIpc) is 2.32. The SMILES string of the molecule is Nc1cnc(Cl)c(/C=C/C2CCC(F)(F)CC2)c1. The summed E-state index contributed by atoms with van der Waals surface area (Å²) in [6.45, 7) is 0. The Hall–Kier alpha value is -1.16. The summed E-state index contributed by atoms with van der Waals surface area (Å²) >= 11 is 5.92. The van der Waals surface area contributed by atoms with E-state index >= 15 is 0 Å². The Kier molecular flexibility index (Phi) is 3.85. The zero-order valence-electron chi connectivity index (χ0n) is 9.87. The Labute approximate surface area is 110 Å².